The summed E-state index contributed by atoms with van der Waals surface area (Å²) in [5, 5.41) is 2.96. The van der Waals surface area contributed by atoms with E-state index < -0.39 is 0 Å². The van der Waals surface area contributed by atoms with Crippen LogP contribution in [0.25, 0.3) is 0 Å². The fraction of sp³-hybridized carbons (Fsp3) is 0.364. The Bertz CT molecular complexity index is 336. The van der Waals surface area contributed by atoms with Crippen LogP contribution in [-0.4, -0.2) is 12.8 Å². The molecule has 6 heteroatoms. The molecule has 2 rings (SSSR count). The molecule has 0 saturated heterocycles. The number of fused-ring (bicyclic) bond motifs is 1. The third-order valence-corrected chi connectivity index (χ3v) is 2.33. The summed E-state index contributed by atoms with van der Waals surface area (Å²) in [6.45, 7) is 2.43. The van der Waals surface area contributed by atoms with E-state index in [9.17, 15) is 0 Å². The first-order chi connectivity index (χ1) is 6.79. The number of ether oxygens (including phenoxy) is 2. The summed E-state index contributed by atoms with van der Waals surface area (Å²) in [6, 6.07) is 6.40. The van der Waals surface area contributed by atoms with Crippen molar-refractivity contribution in [2.45, 2.75) is 19.4 Å². The Morgan fingerprint density at radius 3 is 2.53 bits per heavy atom. The molecule has 0 bridgehead atoms. The molecule has 17 heavy (non-hydrogen) atoms. The third kappa shape index (κ3) is 6.38. The van der Waals surface area contributed by atoms with E-state index in [2.05, 4.69) is 25.4 Å². The average Bonchev–Trinajstić information content (AvgIpc) is 2.64. The van der Waals surface area contributed by atoms with Gasteiger partial charge in [-0.05, 0) is 30.2 Å². The number of hydrogen-bond donors (Lipinski definition) is 1. The molecule has 0 fully saturated rings. The molecule has 85 valence electrons. The van der Waals surface area contributed by atoms with Gasteiger partial charge >= 0.3 is 0 Å². The molecule has 1 aliphatic rings. The minimum Gasteiger partial charge on any atom is -0.470 e. The molecule has 0 aliphatic carbocycles. The zero-order chi connectivity index (χ0) is 9.97. The van der Waals surface area contributed by atoms with E-state index in [-0.39, 0.29) is 98.1 Å². The van der Waals surface area contributed by atoms with Crippen molar-refractivity contribution in [3.05, 3.63) is 30.8 Å². The summed E-state index contributed by atoms with van der Waals surface area (Å²) in [7, 11) is 3.65. The van der Waals surface area contributed by atoms with Gasteiger partial charge in [0.2, 0.25) is 6.79 Å². The molecule has 3 nitrogen and oxygen atoms in total. The van der Waals surface area contributed by atoms with E-state index in [4.69, 9.17) is 9.47 Å². The molecular weight excluding hydrogens is 445 g/mol. The van der Waals surface area contributed by atoms with Crippen molar-refractivity contribution in [2.24, 2.45) is 0 Å². The fourth-order valence-electron chi connectivity index (χ4n) is 1.49. The summed E-state index contributed by atoms with van der Waals surface area (Å²) in [6.07, 6.45) is 0.945. The predicted molar refractivity (Wildman–Crippen MR) is 54.2 cm³/mol. The van der Waals surface area contributed by atoms with Crippen LogP contribution in [0.5, 0.6) is 11.5 Å². The second-order valence-electron chi connectivity index (χ2n) is 3.50. The Hall–Kier alpha value is 2.09. The SMILES string of the molecule is [CH2-]NC(C)Cc1ccc2c(c1)OCO2.[Y].[Y].[Y]. The van der Waals surface area contributed by atoms with Crippen molar-refractivity contribution in [2.75, 3.05) is 6.79 Å². The van der Waals surface area contributed by atoms with Crippen LogP contribution in [0, 0.1) is 7.05 Å². The second kappa shape index (κ2) is 10.8. The minimum atomic E-state index is 0. The maximum atomic E-state index is 5.30. The molecule has 0 spiro atoms. The van der Waals surface area contributed by atoms with Gasteiger partial charge in [0, 0.05) is 98.1 Å². The van der Waals surface area contributed by atoms with Gasteiger partial charge in [0.25, 0.3) is 0 Å². The Morgan fingerprint density at radius 2 is 1.88 bits per heavy atom. The van der Waals surface area contributed by atoms with Crippen molar-refractivity contribution in [3.63, 3.8) is 0 Å². The Labute approximate surface area is 178 Å². The molecule has 1 heterocycles. The Kier molecular flexibility index (Phi) is 13.6. The van der Waals surface area contributed by atoms with Gasteiger partial charge in [0.15, 0.2) is 11.5 Å². The van der Waals surface area contributed by atoms with Crippen LogP contribution in [0.15, 0.2) is 18.2 Å². The molecule has 1 atom stereocenters. The molecule has 1 aromatic carbocycles. The first-order valence-electron chi connectivity index (χ1n) is 4.71. The normalized spacial score (nSPS) is 12.8. The van der Waals surface area contributed by atoms with Crippen LogP contribution in [0.4, 0.5) is 0 Å². The summed E-state index contributed by atoms with van der Waals surface area (Å²) in [5.41, 5.74) is 1.23. The number of nitrogens with one attached hydrogen (secondary N) is 1. The zero-order valence-corrected chi connectivity index (χ0v) is 18.5. The van der Waals surface area contributed by atoms with E-state index in [1.54, 1.807) is 0 Å². The number of rotatable bonds is 3. The fourth-order valence-corrected chi connectivity index (χ4v) is 1.49. The van der Waals surface area contributed by atoms with Gasteiger partial charge in [0.05, 0.1) is 0 Å². The van der Waals surface area contributed by atoms with E-state index in [1.165, 1.54) is 5.56 Å². The smallest absolute Gasteiger partial charge is 0.231 e. The van der Waals surface area contributed by atoms with Crippen LogP contribution >= 0.6 is 0 Å². The summed E-state index contributed by atoms with van der Waals surface area (Å²) >= 11 is 0. The van der Waals surface area contributed by atoms with Crippen LogP contribution in [0.2, 0.25) is 0 Å². The first-order valence-corrected chi connectivity index (χ1v) is 4.71. The molecule has 0 amide bonds. The number of benzene rings is 1. The summed E-state index contributed by atoms with van der Waals surface area (Å²) in [4.78, 5) is 0. The maximum Gasteiger partial charge on any atom is 0.231 e. The predicted octanol–water partition coefficient (Wildman–Crippen LogP) is 1.72. The van der Waals surface area contributed by atoms with E-state index >= 15 is 0 Å². The van der Waals surface area contributed by atoms with Crippen molar-refractivity contribution in [3.8, 4) is 11.5 Å². The van der Waals surface area contributed by atoms with Gasteiger partial charge in [-0.1, -0.05) is 13.0 Å². The summed E-state index contributed by atoms with van der Waals surface area (Å²) < 4.78 is 10.5. The molecular formula is C11H14NO2Y3-. The molecule has 0 saturated carbocycles. The zero-order valence-electron chi connectivity index (χ0n) is 9.98. The van der Waals surface area contributed by atoms with Gasteiger partial charge in [-0.3, -0.25) is 7.05 Å². The monoisotopic (exact) mass is 459 g/mol. The molecule has 1 unspecified atom stereocenters. The van der Waals surface area contributed by atoms with Crippen molar-refractivity contribution < 1.29 is 108 Å². The maximum absolute atomic E-state index is 5.30. The van der Waals surface area contributed by atoms with Crippen LogP contribution in [-0.2, 0) is 105 Å². The third-order valence-electron chi connectivity index (χ3n) is 2.33. The van der Waals surface area contributed by atoms with Gasteiger partial charge in [0.1, 0.15) is 0 Å². The average molecular weight is 459 g/mol. The largest absolute Gasteiger partial charge is 0.470 e. The van der Waals surface area contributed by atoms with E-state index in [0.29, 0.717) is 12.8 Å². The Balaban J connectivity index is 0. The molecule has 1 aromatic rings. The molecule has 3 radical (unpaired) electrons. The van der Waals surface area contributed by atoms with Gasteiger partial charge < -0.3 is 14.8 Å². The first kappa shape index (κ1) is 21.4. The second-order valence-corrected chi connectivity index (χ2v) is 3.50. The van der Waals surface area contributed by atoms with Crippen molar-refractivity contribution in [1.29, 1.82) is 0 Å². The molecule has 1 N–H and O–H groups in total. The topological polar surface area (TPSA) is 30.5 Å². The van der Waals surface area contributed by atoms with Gasteiger partial charge in [-0.25, -0.2) is 0 Å². The quantitative estimate of drug-likeness (QED) is 0.700. The van der Waals surface area contributed by atoms with E-state index in [1.807, 2.05) is 12.1 Å². The van der Waals surface area contributed by atoms with Crippen LogP contribution in [0.1, 0.15) is 12.5 Å². The summed E-state index contributed by atoms with van der Waals surface area (Å²) in [5.74, 6) is 1.68. The molecule has 1 aliphatic heterocycles. The van der Waals surface area contributed by atoms with E-state index in [0.717, 1.165) is 17.9 Å². The van der Waals surface area contributed by atoms with Crippen LogP contribution in [0.3, 0.4) is 0 Å². The minimum absolute atomic E-state index is 0. The van der Waals surface area contributed by atoms with Crippen LogP contribution < -0.4 is 14.8 Å². The van der Waals surface area contributed by atoms with Crippen molar-refractivity contribution >= 4 is 0 Å². The standard InChI is InChI=1S/C11H14NO2.3Y/c1-8(12-2)5-9-3-4-10-11(6-9)14-7-13-10;;;/h3-4,6,8,12H,2,5,7H2,1H3;;;/q-1;;;. The van der Waals surface area contributed by atoms with Crippen molar-refractivity contribution in [1.82, 2.24) is 5.32 Å². The number of hydrogen-bond acceptors (Lipinski definition) is 3. The van der Waals surface area contributed by atoms with Gasteiger partial charge in [-0.15, -0.1) is 0 Å². The molecule has 0 aromatic heterocycles. The Morgan fingerprint density at radius 1 is 1.24 bits per heavy atom. The van der Waals surface area contributed by atoms with Gasteiger partial charge in [-0.2, -0.15) is 0 Å².